The minimum atomic E-state index is -0.375. The highest BCUT2D eigenvalue weighted by molar-refractivity contribution is 5.95. The van der Waals surface area contributed by atoms with E-state index < -0.39 is 0 Å². The molecule has 0 saturated heterocycles. The first-order valence-corrected chi connectivity index (χ1v) is 10.5. The molecule has 0 spiro atoms. The number of hydrogen-bond donors (Lipinski definition) is 1. The molecule has 1 atom stereocenters. The van der Waals surface area contributed by atoms with Gasteiger partial charge in [0, 0.05) is 24.1 Å². The summed E-state index contributed by atoms with van der Waals surface area (Å²) >= 11 is 0. The summed E-state index contributed by atoms with van der Waals surface area (Å²) in [5, 5.41) is 3.05. The van der Waals surface area contributed by atoms with Crippen LogP contribution in [0.5, 0.6) is 11.5 Å². The summed E-state index contributed by atoms with van der Waals surface area (Å²) < 4.78 is 11.4. The zero-order valence-electron chi connectivity index (χ0n) is 18.2. The van der Waals surface area contributed by atoms with Gasteiger partial charge in [-0.2, -0.15) is 0 Å². The van der Waals surface area contributed by atoms with Crippen LogP contribution in [-0.2, 0) is 11.4 Å². The summed E-state index contributed by atoms with van der Waals surface area (Å²) in [4.78, 5) is 19.4. The maximum absolute atomic E-state index is 13.3. The maximum atomic E-state index is 13.3. The first-order valence-electron chi connectivity index (χ1n) is 10.5. The summed E-state index contributed by atoms with van der Waals surface area (Å²) in [6, 6.07) is 18.7. The number of hydrogen-bond acceptors (Lipinski definition) is 5. The molecule has 0 bridgehead atoms. The monoisotopic (exact) mass is 419 g/mol. The number of nitrogens with zero attached hydrogens (tertiary/aromatic N) is 2. The summed E-state index contributed by atoms with van der Waals surface area (Å²) in [5.41, 5.74) is 2.62. The quantitative estimate of drug-likeness (QED) is 0.516. The first kappa shape index (κ1) is 22.3. The average molecular weight is 420 g/mol. The van der Waals surface area contributed by atoms with Crippen LogP contribution in [-0.4, -0.2) is 36.0 Å². The fraction of sp³-hybridized carbons (Fsp3) is 0.280. The zero-order chi connectivity index (χ0) is 22.1. The number of benzene rings is 2. The van der Waals surface area contributed by atoms with E-state index in [1.54, 1.807) is 31.6 Å². The van der Waals surface area contributed by atoms with Gasteiger partial charge < -0.3 is 14.8 Å². The summed E-state index contributed by atoms with van der Waals surface area (Å²) in [6.07, 6.45) is 3.45. The molecule has 1 heterocycles. The second-order valence-electron chi connectivity index (χ2n) is 7.03. The average Bonchev–Trinajstić information content (AvgIpc) is 2.82. The molecule has 3 rings (SSSR count). The van der Waals surface area contributed by atoms with Crippen LogP contribution < -0.4 is 14.8 Å². The Balaban J connectivity index is 1.80. The molecule has 1 aromatic heterocycles. The van der Waals surface area contributed by atoms with Crippen LogP contribution in [0.4, 0.5) is 5.69 Å². The molecule has 3 aromatic rings. The van der Waals surface area contributed by atoms with Crippen molar-refractivity contribution in [3.8, 4) is 11.5 Å². The van der Waals surface area contributed by atoms with E-state index in [1.165, 1.54) is 0 Å². The lowest BCUT2D eigenvalue weighted by atomic mass is 10.0. The van der Waals surface area contributed by atoms with Gasteiger partial charge in [0.1, 0.15) is 12.6 Å². The van der Waals surface area contributed by atoms with Gasteiger partial charge in [0.15, 0.2) is 11.5 Å². The smallest absolute Gasteiger partial charge is 0.246 e. The Kier molecular flexibility index (Phi) is 8.01. The van der Waals surface area contributed by atoms with Crippen molar-refractivity contribution in [1.29, 1.82) is 0 Å². The highest BCUT2D eigenvalue weighted by Crippen LogP contribution is 2.32. The van der Waals surface area contributed by atoms with Crippen molar-refractivity contribution in [2.45, 2.75) is 26.5 Å². The highest BCUT2D eigenvalue weighted by atomic mass is 16.5. The minimum absolute atomic E-state index is 0.0832. The second-order valence-corrected chi connectivity index (χ2v) is 7.03. The molecule has 0 fully saturated rings. The van der Waals surface area contributed by atoms with E-state index >= 15 is 0 Å². The second kappa shape index (κ2) is 11.1. The standard InChI is InChI=1S/C25H29N3O3/c1-4-28(5-2)24(20-9-7-6-8-10-20)25(29)27-21-11-12-22(30-3)23(17-21)31-18-19-13-15-26-16-14-19/h6-17,24H,4-5,18H2,1-3H3,(H,27,29). The Morgan fingerprint density at radius 1 is 1.00 bits per heavy atom. The van der Waals surface area contributed by atoms with Crippen LogP contribution in [0.25, 0.3) is 0 Å². The third kappa shape index (κ3) is 5.83. The molecule has 0 aliphatic rings. The van der Waals surface area contributed by atoms with E-state index in [9.17, 15) is 4.79 Å². The number of aromatic nitrogens is 1. The van der Waals surface area contributed by atoms with Gasteiger partial charge in [-0.1, -0.05) is 44.2 Å². The Morgan fingerprint density at radius 2 is 1.71 bits per heavy atom. The number of ether oxygens (including phenoxy) is 2. The van der Waals surface area contributed by atoms with Crippen molar-refractivity contribution in [3.63, 3.8) is 0 Å². The number of pyridine rings is 1. The molecule has 0 saturated carbocycles. The highest BCUT2D eigenvalue weighted by Gasteiger charge is 2.26. The lowest BCUT2D eigenvalue weighted by molar-refractivity contribution is -0.121. The Hall–Kier alpha value is -3.38. The van der Waals surface area contributed by atoms with Crippen LogP contribution in [0.15, 0.2) is 73.1 Å². The van der Waals surface area contributed by atoms with E-state index in [4.69, 9.17) is 9.47 Å². The van der Waals surface area contributed by atoms with E-state index in [1.807, 2.05) is 48.5 Å². The van der Waals surface area contributed by atoms with Gasteiger partial charge in [0.05, 0.1) is 7.11 Å². The van der Waals surface area contributed by atoms with Crippen molar-refractivity contribution < 1.29 is 14.3 Å². The van der Waals surface area contributed by atoms with Gasteiger partial charge in [-0.25, -0.2) is 0 Å². The fourth-order valence-corrected chi connectivity index (χ4v) is 3.47. The van der Waals surface area contributed by atoms with Crippen LogP contribution >= 0.6 is 0 Å². The first-order chi connectivity index (χ1) is 15.2. The normalized spacial score (nSPS) is 11.7. The van der Waals surface area contributed by atoms with Crippen molar-refractivity contribution in [3.05, 3.63) is 84.2 Å². The molecule has 0 radical (unpaired) electrons. The number of rotatable bonds is 10. The molecule has 1 unspecified atom stereocenters. The molecule has 0 aliphatic heterocycles. The molecule has 2 aromatic carbocycles. The van der Waals surface area contributed by atoms with Crippen LogP contribution in [0, 0.1) is 0 Å². The van der Waals surface area contributed by atoms with E-state index in [0.29, 0.717) is 23.8 Å². The number of anilines is 1. The summed E-state index contributed by atoms with van der Waals surface area (Å²) in [5.74, 6) is 1.09. The molecule has 6 nitrogen and oxygen atoms in total. The number of methoxy groups -OCH3 is 1. The summed E-state index contributed by atoms with van der Waals surface area (Å²) in [6.45, 7) is 6.04. The van der Waals surface area contributed by atoms with Gasteiger partial charge in [0.2, 0.25) is 5.91 Å². The number of amides is 1. The van der Waals surface area contributed by atoms with Gasteiger partial charge in [-0.3, -0.25) is 14.7 Å². The van der Waals surface area contributed by atoms with Crippen molar-refractivity contribution in [1.82, 2.24) is 9.88 Å². The topological polar surface area (TPSA) is 63.7 Å². The lowest BCUT2D eigenvalue weighted by Crippen LogP contribution is -2.37. The number of carbonyl (C=O) groups is 1. The third-order valence-electron chi connectivity index (χ3n) is 5.12. The SMILES string of the molecule is CCN(CC)C(C(=O)Nc1ccc(OC)c(OCc2ccncc2)c1)c1ccccc1. The van der Waals surface area contributed by atoms with Crippen molar-refractivity contribution in [2.75, 3.05) is 25.5 Å². The van der Waals surface area contributed by atoms with Crippen molar-refractivity contribution in [2.24, 2.45) is 0 Å². The number of likely N-dealkylation sites (N-methyl/N-ethyl adjacent to an activating group) is 1. The third-order valence-corrected chi connectivity index (χ3v) is 5.12. The van der Waals surface area contributed by atoms with Crippen LogP contribution in [0.3, 0.4) is 0 Å². The van der Waals surface area contributed by atoms with Gasteiger partial charge >= 0.3 is 0 Å². The van der Waals surface area contributed by atoms with E-state index in [2.05, 4.69) is 29.0 Å². The molecule has 1 N–H and O–H groups in total. The Morgan fingerprint density at radius 3 is 2.35 bits per heavy atom. The van der Waals surface area contributed by atoms with Gasteiger partial charge in [-0.15, -0.1) is 0 Å². The molecule has 162 valence electrons. The zero-order valence-corrected chi connectivity index (χ0v) is 18.2. The molecular weight excluding hydrogens is 390 g/mol. The van der Waals surface area contributed by atoms with E-state index in [0.717, 1.165) is 24.2 Å². The Labute approximate surface area is 183 Å². The van der Waals surface area contributed by atoms with Gasteiger partial charge in [0.25, 0.3) is 0 Å². The molecular formula is C25H29N3O3. The fourth-order valence-electron chi connectivity index (χ4n) is 3.47. The minimum Gasteiger partial charge on any atom is -0.493 e. The van der Waals surface area contributed by atoms with Crippen molar-refractivity contribution >= 4 is 11.6 Å². The molecule has 31 heavy (non-hydrogen) atoms. The van der Waals surface area contributed by atoms with Gasteiger partial charge in [-0.05, 0) is 48.5 Å². The summed E-state index contributed by atoms with van der Waals surface area (Å²) in [7, 11) is 1.60. The molecule has 6 heteroatoms. The van der Waals surface area contributed by atoms with Crippen LogP contribution in [0.1, 0.15) is 31.0 Å². The molecule has 1 amide bonds. The lowest BCUT2D eigenvalue weighted by Gasteiger charge is -2.29. The predicted molar refractivity (Wildman–Crippen MR) is 122 cm³/mol. The van der Waals surface area contributed by atoms with E-state index in [-0.39, 0.29) is 11.9 Å². The largest absolute Gasteiger partial charge is 0.493 e. The molecule has 0 aliphatic carbocycles. The van der Waals surface area contributed by atoms with Crippen LogP contribution in [0.2, 0.25) is 0 Å². The maximum Gasteiger partial charge on any atom is 0.246 e. The number of carbonyl (C=O) groups excluding carboxylic acids is 1. The number of nitrogens with one attached hydrogen (secondary N) is 1. The predicted octanol–water partition coefficient (Wildman–Crippen LogP) is 4.69. The Bertz CT molecular complexity index is 960.